The number of benzene rings is 1. The lowest BCUT2D eigenvalue weighted by Crippen LogP contribution is -2.54. The predicted octanol–water partition coefficient (Wildman–Crippen LogP) is 2.49. The first-order valence-corrected chi connectivity index (χ1v) is 10.7. The smallest absolute Gasteiger partial charge is 0.321 e. The quantitative estimate of drug-likeness (QED) is 0.714. The number of nitrogens with zero attached hydrogens (tertiary/aromatic N) is 1. The van der Waals surface area contributed by atoms with Gasteiger partial charge in [0.25, 0.3) is 0 Å². The van der Waals surface area contributed by atoms with Crippen LogP contribution in [0.3, 0.4) is 0 Å². The van der Waals surface area contributed by atoms with Gasteiger partial charge in [-0.3, -0.25) is 14.5 Å². The van der Waals surface area contributed by atoms with Gasteiger partial charge in [-0.25, -0.2) is 4.79 Å². The average molecular weight is 396 g/mol. The number of hydrogen-bond acceptors (Lipinski definition) is 3. The number of amides is 4. The zero-order chi connectivity index (χ0) is 20.0. The molecule has 1 aliphatic heterocycles. The Hall–Kier alpha value is -2.57. The molecule has 154 valence electrons. The molecule has 5 fully saturated rings. The van der Waals surface area contributed by atoms with Gasteiger partial charge in [-0.2, -0.15) is 0 Å². The minimum Gasteiger partial charge on any atom is -0.347 e. The Bertz CT molecular complexity index is 817. The van der Waals surface area contributed by atoms with Gasteiger partial charge in [0.1, 0.15) is 0 Å². The van der Waals surface area contributed by atoms with Gasteiger partial charge in [0.15, 0.2) is 0 Å². The molecule has 7 heteroatoms. The number of urea groups is 1. The van der Waals surface area contributed by atoms with Crippen molar-refractivity contribution in [2.45, 2.75) is 38.5 Å². The highest BCUT2D eigenvalue weighted by molar-refractivity contribution is 5.97. The van der Waals surface area contributed by atoms with Crippen LogP contribution in [0.5, 0.6) is 0 Å². The molecule has 0 spiro atoms. The molecule has 1 saturated heterocycles. The van der Waals surface area contributed by atoms with Gasteiger partial charge >= 0.3 is 6.03 Å². The Balaban J connectivity index is 1.18. The van der Waals surface area contributed by atoms with Crippen molar-refractivity contribution < 1.29 is 14.4 Å². The van der Waals surface area contributed by atoms with E-state index in [2.05, 4.69) is 16.0 Å². The van der Waals surface area contributed by atoms with Crippen molar-refractivity contribution in [1.29, 1.82) is 0 Å². The molecule has 29 heavy (non-hydrogen) atoms. The number of nitrogens with one attached hydrogen (secondary N) is 3. The molecule has 1 aromatic carbocycles. The van der Waals surface area contributed by atoms with Gasteiger partial charge in [0.05, 0.1) is 6.54 Å². The zero-order valence-electron chi connectivity index (χ0n) is 16.6. The lowest BCUT2D eigenvalue weighted by atomic mass is 9.49. The van der Waals surface area contributed by atoms with E-state index < -0.39 is 0 Å². The van der Waals surface area contributed by atoms with Crippen LogP contribution in [-0.2, 0) is 9.59 Å². The Kier molecular flexibility index (Phi) is 4.48. The van der Waals surface area contributed by atoms with E-state index >= 15 is 0 Å². The van der Waals surface area contributed by atoms with Gasteiger partial charge in [0, 0.05) is 29.9 Å². The maximum atomic E-state index is 13.0. The largest absolute Gasteiger partial charge is 0.347 e. The van der Waals surface area contributed by atoms with Crippen LogP contribution in [0.4, 0.5) is 16.2 Å². The molecule has 1 heterocycles. The van der Waals surface area contributed by atoms with Crippen LogP contribution in [0, 0.1) is 23.2 Å². The standard InChI is InChI=1S/C22H28N4O3/c27-19(25-17-2-1-3-18(9-17)26-5-4-23-21(26)29)13-24-20(28)22-10-14-6-15(11-22)8-16(7-14)12-22/h1-3,9,14-16H,4-8,10-13H2,(H,23,29)(H,24,28)(H,25,27). The highest BCUT2D eigenvalue weighted by Gasteiger charge is 2.54. The summed E-state index contributed by atoms with van der Waals surface area (Å²) in [5, 5.41) is 8.52. The third-order valence-corrected chi connectivity index (χ3v) is 7.23. The molecule has 0 radical (unpaired) electrons. The van der Waals surface area contributed by atoms with Crippen LogP contribution in [-0.4, -0.2) is 37.5 Å². The second-order valence-corrected chi connectivity index (χ2v) is 9.36. The molecule has 0 atom stereocenters. The van der Waals surface area contributed by atoms with E-state index in [4.69, 9.17) is 0 Å². The number of anilines is 2. The Morgan fingerprint density at radius 1 is 1.10 bits per heavy atom. The van der Waals surface area contributed by atoms with Crippen molar-refractivity contribution in [3.8, 4) is 0 Å². The molecule has 4 bridgehead atoms. The third kappa shape index (κ3) is 3.47. The van der Waals surface area contributed by atoms with Crippen molar-refractivity contribution in [2.75, 3.05) is 29.9 Å². The molecule has 3 N–H and O–H groups in total. The van der Waals surface area contributed by atoms with Crippen LogP contribution in [0.1, 0.15) is 38.5 Å². The summed E-state index contributed by atoms with van der Waals surface area (Å²) >= 11 is 0. The maximum absolute atomic E-state index is 13.0. The van der Waals surface area contributed by atoms with Crippen LogP contribution < -0.4 is 20.9 Å². The minimum absolute atomic E-state index is 0.0188. The second kappa shape index (κ2) is 7.04. The van der Waals surface area contributed by atoms with E-state index in [1.807, 2.05) is 12.1 Å². The lowest BCUT2D eigenvalue weighted by Gasteiger charge is -2.55. The fraction of sp³-hybridized carbons (Fsp3) is 0.591. The summed E-state index contributed by atoms with van der Waals surface area (Å²) < 4.78 is 0. The van der Waals surface area contributed by atoms with Crippen LogP contribution in [0.25, 0.3) is 0 Å². The van der Waals surface area contributed by atoms with Crippen molar-refractivity contribution >= 4 is 29.2 Å². The van der Waals surface area contributed by atoms with E-state index in [9.17, 15) is 14.4 Å². The van der Waals surface area contributed by atoms with Crippen LogP contribution in [0.15, 0.2) is 24.3 Å². The third-order valence-electron chi connectivity index (χ3n) is 7.23. The topological polar surface area (TPSA) is 90.5 Å². The van der Waals surface area contributed by atoms with Gasteiger partial charge in [-0.05, 0) is 74.5 Å². The molecule has 5 aliphatic rings. The summed E-state index contributed by atoms with van der Waals surface area (Å²) in [7, 11) is 0. The van der Waals surface area contributed by atoms with E-state index in [-0.39, 0.29) is 29.8 Å². The SMILES string of the molecule is O=C(CNC(=O)C12CC3CC(CC(C3)C1)C2)Nc1cccc(N2CCNC2=O)c1. The first-order valence-electron chi connectivity index (χ1n) is 10.7. The van der Waals surface area contributed by atoms with Crippen molar-refractivity contribution in [3.05, 3.63) is 24.3 Å². The number of rotatable bonds is 5. The summed E-state index contributed by atoms with van der Waals surface area (Å²) in [6.07, 6.45) is 6.85. The molecular weight excluding hydrogens is 368 g/mol. The number of carbonyl (C=O) groups excluding carboxylic acids is 3. The predicted molar refractivity (Wildman–Crippen MR) is 109 cm³/mol. The van der Waals surface area contributed by atoms with E-state index in [1.54, 1.807) is 17.0 Å². The van der Waals surface area contributed by atoms with Gasteiger partial charge in [0.2, 0.25) is 11.8 Å². The average Bonchev–Trinajstić information content (AvgIpc) is 3.11. The van der Waals surface area contributed by atoms with Crippen molar-refractivity contribution in [1.82, 2.24) is 10.6 Å². The van der Waals surface area contributed by atoms with E-state index in [1.165, 1.54) is 19.3 Å². The molecule has 0 unspecified atom stereocenters. The summed E-state index contributed by atoms with van der Waals surface area (Å²) in [4.78, 5) is 38.9. The molecule has 7 nitrogen and oxygen atoms in total. The Labute approximate surface area is 170 Å². The fourth-order valence-electron chi connectivity index (χ4n) is 6.41. The maximum Gasteiger partial charge on any atom is 0.321 e. The van der Waals surface area contributed by atoms with Gasteiger partial charge in [-0.1, -0.05) is 6.07 Å². The lowest BCUT2D eigenvalue weighted by molar-refractivity contribution is -0.146. The molecular formula is C22H28N4O3. The molecule has 6 rings (SSSR count). The molecule has 1 aromatic rings. The summed E-state index contributed by atoms with van der Waals surface area (Å²) in [5.41, 5.74) is 1.13. The summed E-state index contributed by atoms with van der Waals surface area (Å²) in [6, 6.07) is 7.09. The van der Waals surface area contributed by atoms with E-state index in [0.717, 1.165) is 24.9 Å². The summed E-state index contributed by atoms with van der Waals surface area (Å²) in [6.45, 7) is 1.21. The molecule has 0 aromatic heterocycles. The molecule has 4 amide bonds. The monoisotopic (exact) mass is 396 g/mol. The Morgan fingerprint density at radius 2 is 1.79 bits per heavy atom. The Morgan fingerprint density at radius 3 is 2.41 bits per heavy atom. The first-order chi connectivity index (χ1) is 14.0. The number of carbonyl (C=O) groups is 3. The first kappa shape index (κ1) is 18.5. The highest BCUT2D eigenvalue weighted by atomic mass is 16.2. The van der Waals surface area contributed by atoms with Crippen LogP contribution >= 0.6 is 0 Å². The van der Waals surface area contributed by atoms with E-state index in [0.29, 0.717) is 36.5 Å². The highest BCUT2D eigenvalue weighted by Crippen LogP contribution is 2.60. The second-order valence-electron chi connectivity index (χ2n) is 9.36. The number of hydrogen-bond donors (Lipinski definition) is 3. The van der Waals surface area contributed by atoms with Crippen molar-refractivity contribution in [2.24, 2.45) is 23.2 Å². The van der Waals surface area contributed by atoms with Crippen molar-refractivity contribution in [3.63, 3.8) is 0 Å². The van der Waals surface area contributed by atoms with Gasteiger partial charge in [-0.15, -0.1) is 0 Å². The molecule has 4 aliphatic carbocycles. The van der Waals surface area contributed by atoms with Gasteiger partial charge < -0.3 is 16.0 Å². The summed E-state index contributed by atoms with van der Waals surface area (Å²) in [5.74, 6) is 1.92. The molecule has 4 saturated carbocycles. The van der Waals surface area contributed by atoms with Crippen LogP contribution in [0.2, 0.25) is 0 Å². The fourth-order valence-corrected chi connectivity index (χ4v) is 6.41. The zero-order valence-corrected chi connectivity index (χ0v) is 16.6. The normalized spacial score (nSPS) is 32.2. The minimum atomic E-state index is -0.244.